The van der Waals surface area contributed by atoms with Crippen LogP contribution in [0.2, 0.25) is 0 Å². The lowest BCUT2D eigenvalue weighted by Crippen LogP contribution is -2.33. The van der Waals surface area contributed by atoms with Crippen molar-refractivity contribution in [3.63, 3.8) is 0 Å². The van der Waals surface area contributed by atoms with Crippen molar-refractivity contribution in [2.75, 3.05) is 37.7 Å². The third-order valence-corrected chi connectivity index (χ3v) is 11.3. The lowest BCUT2D eigenvalue weighted by Gasteiger charge is -2.25. The van der Waals surface area contributed by atoms with Gasteiger partial charge in [-0.1, -0.05) is 111 Å². The molecule has 0 bridgehead atoms. The molecule has 2 aromatic carbocycles. The minimum absolute atomic E-state index is 0.0152. The fourth-order valence-corrected chi connectivity index (χ4v) is 7.26. The summed E-state index contributed by atoms with van der Waals surface area (Å²) in [5, 5.41) is 18.6. The second kappa shape index (κ2) is 27.7. The lowest BCUT2D eigenvalue weighted by molar-refractivity contribution is -0.149. The van der Waals surface area contributed by atoms with E-state index in [-0.39, 0.29) is 71.5 Å². The number of allylic oxidation sites excluding steroid dienone is 1. The first-order valence-electron chi connectivity index (χ1n) is 22.5. The van der Waals surface area contributed by atoms with Crippen molar-refractivity contribution in [3.05, 3.63) is 106 Å². The van der Waals surface area contributed by atoms with Crippen molar-refractivity contribution < 1.29 is 23.9 Å². The number of nitrogens with zero attached hydrogens (tertiary/aromatic N) is 7. The van der Waals surface area contributed by atoms with E-state index in [2.05, 4.69) is 47.6 Å². The van der Waals surface area contributed by atoms with Crippen molar-refractivity contribution in [3.8, 4) is 6.07 Å². The molecule has 1 heterocycles. The number of amides is 1. The highest BCUT2D eigenvalue weighted by Crippen LogP contribution is 2.36. The number of unbranched alkanes of at least 4 members (excludes halogenated alkanes) is 3. The molecule has 3 unspecified atom stereocenters. The summed E-state index contributed by atoms with van der Waals surface area (Å²) in [5.74, 6) is -0.769. The van der Waals surface area contributed by atoms with Crippen LogP contribution >= 0.6 is 0 Å². The minimum atomic E-state index is -0.383. The molecule has 62 heavy (non-hydrogen) atoms. The van der Waals surface area contributed by atoms with Crippen LogP contribution in [0.15, 0.2) is 87.5 Å². The minimum Gasteiger partial charge on any atom is -0.464 e. The predicted molar refractivity (Wildman–Crippen MR) is 245 cm³/mol. The third kappa shape index (κ3) is 15.1. The summed E-state index contributed by atoms with van der Waals surface area (Å²) in [6.07, 6.45) is 14.2. The van der Waals surface area contributed by atoms with Crippen LogP contribution in [-0.4, -0.2) is 55.6 Å². The number of carbonyl (C=O) groups excluding carboxylic acids is 3. The number of anilines is 1. The van der Waals surface area contributed by atoms with Crippen LogP contribution < -0.4 is 4.90 Å². The van der Waals surface area contributed by atoms with E-state index in [1.807, 2.05) is 61.2 Å². The summed E-state index contributed by atoms with van der Waals surface area (Å²) in [6.45, 7) is 29.5. The SMILES string of the molecule is [C-]#[N+]C1=C(/C=C/c2ccc(N=Nc3ccc(N(CCOC(=O)C(CC)CCCC)CCOC(=O)C(CC)CCCC)cc3)cc2)C(=O)N(CC(CC)CCCC)/C1=C(\C#N)[N+]#[C-]. The summed E-state index contributed by atoms with van der Waals surface area (Å²) in [5.41, 5.74) is 2.87. The van der Waals surface area contributed by atoms with Gasteiger partial charge in [0, 0.05) is 17.8 Å². The first kappa shape index (κ1) is 50.3. The van der Waals surface area contributed by atoms with Crippen LogP contribution in [0.25, 0.3) is 15.8 Å². The number of azo groups is 1. The van der Waals surface area contributed by atoms with E-state index in [0.29, 0.717) is 31.0 Å². The maximum atomic E-state index is 13.7. The Labute approximate surface area is 370 Å². The molecule has 12 nitrogen and oxygen atoms in total. The van der Waals surface area contributed by atoms with E-state index >= 15 is 0 Å². The average Bonchev–Trinajstić information content (AvgIpc) is 3.55. The number of ether oxygens (including phenoxy) is 2. The van der Waals surface area contributed by atoms with E-state index < -0.39 is 0 Å². The van der Waals surface area contributed by atoms with Crippen LogP contribution in [0.1, 0.15) is 124 Å². The highest BCUT2D eigenvalue weighted by atomic mass is 16.5. The fraction of sp³-hybridized carbons (Fsp3) is 0.520. The Balaban J connectivity index is 1.74. The smallest absolute Gasteiger partial charge is 0.308 e. The van der Waals surface area contributed by atoms with Crippen molar-refractivity contribution in [1.29, 1.82) is 5.26 Å². The molecule has 0 saturated carbocycles. The summed E-state index contributed by atoms with van der Waals surface area (Å²) in [6, 6.07) is 16.7. The molecule has 0 spiro atoms. The summed E-state index contributed by atoms with van der Waals surface area (Å²) in [7, 11) is 0. The number of carbonyl (C=O) groups is 3. The maximum absolute atomic E-state index is 13.7. The fourth-order valence-electron chi connectivity index (χ4n) is 7.26. The monoisotopic (exact) mass is 844 g/mol. The third-order valence-electron chi connectivity index (χ3n) is 11.3. The predicted octanol–water partition coefficient (Wildman–Crippen LogP) is 12.3. The van der Waals surface area contributed by atoms with Gasteiger partial charge >= 0.3 is 11.9 Å². The number of hydrogen-bond donors (Lipinski definition) is 0. The number of rotatable bonds is 27. The van der Waals surface area contributed by atoms with Gasteiger partial charge in [0.1, 0.15) is 13.2 Å². The van der Waals surface area contributed by atoms with Gasteiger partial charge in [0.05, 0.1) is 61.2 Å². The van der Waals surface area contributed by atoms with Gasteiger partial charge in [0.25, 0.3) is 5.70 Å². The first-order valence-corrected chi connectivity index (χ1v) is 22.5. The number of nitriles is 1. The highest BCUT2D eigenvalue weighted by Gasteiger charge is 2.37. The van der Waals surface area contributed by atoms with Gasteiger partial charge in [-0.2, -0.15) is 10.2 Å². The topological polar surface area (TPSA) is 133 Å². The molecule has 2 aromatic rings. The van der Waals surface area contributed by atoms with Crippen molar-refractivity contribution in [2.45, 2.75) is 119 Å². The molecule has 0 aliphatic carbocycles. The summed E-state index contributed by atoms with van der Waals surface area (Å²) in [4.78, 5) is 49.8. The van der Waals surface area contributed by atoms with Crippen LogP contribution in [0.5, 0.6) is 0 Å². The molecule has 0 aromatic heterocycles. The van der Waals surface area contributed by atoms with E-state index in [4.69, 9.17) is 22.6 Å². The Bertz CT molecular complexity index is 1970. The molecular formula is C50H65N7O5. The quantitative estimate of drug-likeness (QED) is 0.0378. The van der Waals surface area contributed by atoms with Crippen LogP contribution in [0, 0.1) is 42.2 Å². The normalized spacial score (nSPS) is 15.0. The van der Waals surface area contributed by atoms with Crippen molar-refractivity contribution in [1.82, 2.24) is 4.90 Å². The number of esters is 2. The van der Waals surface area contributed by atoms with Crippen molar-refractivity contribution >= 4 is 41.0 Å². The Morgan fingerprint density at radius 1 is 0.774 bits per heavy atom. The van der Waals surface area contributed by atoms with Crippen molar-refractivity contribution in [2.24, 2.45) is 28.0 Å². The molecule has 3 rings (SSSR count). The first-order chi connectivity index (χ1) is 30.1. The molecule has 0 radical (unpaired) electrons. The zero-order valence-corrected chi connectivity index (χ0v) is 37.7. The lowest BCUT2D eigenvalue weighted by atomic mass is 9.98. The standard InChI is InChI=1S/C50H65N7O5/c1-9-15-18-37(12-4)36-57-47(45(35-51)52-7)46(53-8)44(48(57)58)30-23-38-21-24-41(25-22-38)54-55-42-26-28-43(29-27-42)56(31-33-61-49(59)39(13-5)19-16-10-2)32-34-62-50(60)40(14-6)20-17-11-3/h21-30,37,39-40H,9-20,31-34,36H2,1-6H3/b30-23+,47-45+,55-54?. The van der Waals surface area contributed by atoms with E-state index in [9.17, 15) is 19.6 Å². The van der Waals surface area contributed by atoms with Gasteiger partial charge in [0.2, 0.25) is 11.6 Å². The highest BCUT2D eigenvalue weighted by molar-refractivity contribution is 6.04. The van der Waals surface area contributed by atoms with Gasteiger partial charge in [-0.25, -0.2) is 15.0 Å². The molecule has 3 atom stereocenters. The van der Waals surface area contributed by atoms with E-state index in [0.717, 1.165) is 88.3 Å². The Morgan fingerprint density at radius 2 is 1.29 bits per heavy atom. The number of benzene rings is 2. The maximum Gasteiger partial charge on any atom is 0.308 e. The Kier molecular flexibility index (Phi) is 22.5. The second-order valence-corrected chi connectivity index (χ2v) is 15.6. The molecule has 0 saturated heterocycles. The molecule has 330 valence electrons. The van der Waals surface area contributed by atoms with E-state index in [1.165, 1.54) is 4.90 Å². The second-order valence-electron chi connectivity index (χ2n) is 15.6. The Hall–Kier alpha value is -6.06. The zero-order valence-electron chi connectivity index (χ0n) is 37.7. The largest absolute Gasteiger partial charge is 0.464 e. The van der Waals surface area contributed by atoms with Crippen LogP contribution in [-0.2, 0) is 23.9 Å². The van der Waals surface area contributed by atoms with E-state index in [1.54, 1.807) is 24.3 Å². The molecule has 1 aliphatic heterocycles. The zero-order chi connectivity index (χ0) is 45.3. The van der Waals surface area contributed by atoms with Gasteiger partial charge in [-0.3, -0.25) is 14.4 Å². The van der Waals surface area contributed by atoms with Gasteiger partial charge in [-0.05, 0) is 80.0 Å². The van der Waals surface area contributed by atoms with Gasteiger partial charge < -0.3 is 19.3 Å². The van der Waals surface area contributed by atoms with Crippen LogP contribution in [0.4, 0.5) is 17.1 Å². The summed E-state index contributed by atoms with van der Waals surface area (Å²) < 4.78 is 11.4. The van der Waals surface area contributed by atoms with Gasteiger partial charge in [-0.15, -0.1) is 0 Å². The van der Waals surface area contributed by atoms with Crippen LogP contribution in [0.3, 0.4) is 0 Å². The Morgan fingerprint density at radius 3 is 1.74 bits per heavy atom. The molecule has 1 amide bonds. The molecule has 0 fully saturated rings. The number of hydrogen-bond acceptors (Lipinski definition) is 9. The molecule has 0 N–H and O–H groups in total. The summed E-state index contributed by atoms with van der Waals surface area (Å²) >= 11 is 0. The molecule has 12 heteroatoms. The average molecular weight is 844 g/mol. The van der Waals surface area contributed by atoms with Gasteiger partial charge in [0.15, 0.2) is 0 Å². The molecule has 1 aliphatic rings. The molecular weight excluding hydrogens is 779 g/mol.